The van der Waals surface area contributed by atoms with Crippen molar-refractivity contribution < 1.29 is 6.22 Å². The normalized spacial score (nSPS) is 23.5. The number of allylic oxidation sites excluding steroid dienone is 1. The summed E-state index contributed by atoms with van der Waals surface area (Å²) in [5, 5.41) is 7.27. The summed E-state index contributed by atoms with van der Waals surface area (Å²) in [4.78, 5) is 19.8. The second-order valence-electron chi connectivity index (χ2n) is 10.1. The monoisotopic (exact) mass is 516 g/mol. The predicted molar refractivity (Wildman–Crippen MR) is 154 cm³/mol. The molecule has 1 aromatic carbocycles. The minimum Gasteiger partial charge on any atom is -0.339 e. The Morgan fingerprint density at radius 3 is 2.64 bits per heavy atom. The summed E-state index contributed by atoms with van der Waals surface area (Å²) in [7, 11) is 0. The highest BCUT2D eigenvalue weighted by Crippen LogP contribution is 2.43. The van der Waals surface area contributed by atoms with Gasteiger partial charge in [-0.1, -0.05) is 68.2 Å². The molecular weight excluding hydrogens is 480 g/mol. The zero-order chi connectivity index (χ0) is 25.0. The molecule has 1 saturated heterocycles. The second kappa shape index (κ2) is 11.2. The van der Waals surface area contributed by atoms with Gasteiger partial charge in [-0.25, -0.2) is 0 Å². The molecule has 2 unspecified atom stereocenters. The molecule has 0 bridgehead atoms. The van der Waals surface area contributed by atoms with Crippen molar-refractivity contribution in [1.29, 1.82) is 0 Å². The second-order valence-corrected chi connectivity index (χ2v) is 12.0. The van der Waals surface area contributed by atoms with Gasteiger partial charge in [0.1, 0.15) is 10.8 Å². The smallest absolute Gasteiger partial charge is 0.238 e. The number of piperidine rings is 1. The summed E-state index contributed by atoms with van der Waals surface area (Å²) < 4.78 is 0. The zero-order valence-electron chi connectivity index (χ0n) is 20.9. The molecule has 3 heterocycles. The Morgan fingerprint density at radius 1 is 1.11 bits per heavy atom. The van der Waals surface area contributed by atoms with Crippen molar-refractivity contribution in [3.63, 3.8) is 0 Å². The van der Waals surface area contributed by atoms with Crippen LogP contribution in [-0.4, -0.2) is 16.1 Å². The quantitative estimate of drug-likeness (QED) is 0.265. The number of amides is 1. The number of nitrogens with one attached hydrogen (secondary N) is 1. The number of carbonyl (C=O) groups is 1. The number of hydrogen-bond acceptors (Lipinski definition) is 4. The van der Waals surface area contributed by atoms with Crippen molar-refractivity contribution in [3.05, 3.63) is 100 Å². The number of benzene rings is 1. The molecule has 3 nitrogen and oxygen atoms in total. The van der Waals surface area contributed by atoms with Crippen LogP contribution in [0.1, 0.15) is 68.9 Å². The average molecular weight is 517 g/mol. The molecule has 188 valence electrons. The van der Waals surface area contributed by atoms with Crippen LogP contribution in [0.15, 0.2) is 82.4 Å². The Bertz CT molecular complexity index is 1230. The van der Waals surface area contributed by atoms with E-state index in [9.17, 15) is 4.79 Å². The summed E-state index contributed by atoms with van der Waals surface area (Å²) in [5.74, 6) is 0.629. The summed E-state index contributed by atoms with van der Waals surface area (Å²) in [6, 6.07) is 16.5. The lowest BCUT2D eigenvalue weighted by molar-refractivity contribution is -0.122. The minimum atomic E-state index is -0.705. The van der Waals surface area contributed by atoms with E-state index in [4.69, 9.17) is 4.98 Å². The van der Waals surface area contributed by atoms with Crippen LogP contribution in [0.2, 0.25) is 0 Å². The molecule has 1 N–H and O–H groups in total. The molecule has 36 heavy (non-hydrogen) atoms. The number of nitrogens with zero attached hydrogens (tertiary/aromatic N) is 1. The summed E-state index contributed by atoms with van der Waals surface area (Å²) in [6.07, 6.45) is 13.0. The third kappa shape index (κ3) is 5.37. The van der Waals surface area contributed by atoms with Gasteiger partial charge in [0.25, 0.3) is 0 Å². The van der Waals surface area contributed by atoms with Gasteiger partial charge in [-0.15, -0.1) is 11.8 Å². The van der Waals surface area contributed by atoms with Crippen LogP contribution in [0.4, 0.5) is 0 Å². The topological polar surface area (TPSA) is 42.0 Å². The molecule has 1 aliphatic heterocycles. The zero-order valence-corrected chi connectivity index (χ0v) is 22.5. The van der Waals surface area contributed by atoms with E-state index in [1.54, 1.807) is 23.1 Å². The third-order valence-electron chi connectivity index (χ3n) is 7.44. The fraction of sp³-hybridized carbons (Fsp3) is 0.355. The number of aromatic nitrogens is 1. The molecule has 3 aromatic rings. The molecule has 1 amide bonds. The SMILES string of the molecule is C=C1CC(c2ccsc2)(c2cccc(/C=C\C3CCCCCC3)n2)NC(=O)C1Sc1ccccc1C.[HH]. The third-order valence-corrected chi connectivity index (χ3v) is 9.62. The first-order valence-electron chi connectivity index (χ1n) is 13.0. The van der Waals surface area contributed by atoms with Crippen LogP contribution in [0.25, 0.3) is 6.08 Å². The van der Waals surface area contributed by atoms with E-state index in [2.05, 4.69) is 72.1 Å². The first kappa shape index (κ1) is 25.0. The van der Waals surface area contributed by atoms with E-state index >= 15 is 0 Å². The van der Waals surface area contributed by atoms with E-state index in [0.29, 0.717) is 12.3 Å². The van der Waals surface area contributed by atoms with E-state index in [0.717, 1.165) is 27.4 Å². The highest BCUT2D eigenvalue weighted by atomic mass is 32.2. The maximum Gasteiger partial charge on any atom is 0.238 e. The van der Waals surface area contributed by atoms with Crippen LogP contribution in [-0.2, 0) is 10.3 Å². The highest BCUT2D eigenvalue weighted by molar-refractivity contribution is 8.00. The fourth-order valence-corrected chi connectivity index (χ4v) is 7.21. The van der Waals surface area contributed by atoms with Crippen LogP contribution in [0.3, 0.4) is 0 Å². The maximum atomic E-state index is 13.6. The number of carbonyl (C=O) groups excluding carboxylic acids is 1. The summed E-state index contributed by atoms with van der Waals surface area (Å²) in [6.45, 7) is 6.49. The Hall–Kier alpha value is -2.63. The van der Waals surface area contributed by atoms with Crippen molar-refractivity contribution in [3.8, 4) is 0 Å². The molecular formula is C31H36N2OS2. The maximum absolute atomic E-state index is 13.6. The molecule has 2 aromatic heterocycles. The van der Waals surface area contributed by atoms with Crippen molar-refractivity contribution in [1.82, 2.24) is 10.3 Å². The Labute approximate surface area is 224 Å². The van der Waals surface area contributed by atoms with Gasteiger partial charge in [-0.2, -0.15) is 11.3 Å². The van der Waals surface area contributed by atoms with Crippen LogP contribution < -0.4 is 5.32 Å². The van der Waals surface area contributed by atoms with E-state index in [-0.39, 0.29) is 12.6 Å². The standard InChI is InChI=1S/C31H34N2OS2.H2/c1-22-10-7-8-14-27(22)36-29-23(2)20-31(33-30(29)34,25-18-19-35-21-25)28-15-9-13-26(32-28)17-16-24-11-5-3-4-6-12-24;/h7-10,13-19,21,24,29H,2-6,11-12,20H2,1H3,(H,33,34);1H/b17-16-;. The highest BCUT2D eigenvalue weighted by Gasteiger charge is 2.45. The van der Waals surface area contributed by atoms with Crippen molar-refractivity contribution >= 4 is 35.1 Å². The number of pyridine rings is 1. The van der Waals surface area contributed by atoms with E-state index in [1.165, 1.54) is 44.1 Å². The summed E-state index contributed by atoms with van der Waals surface area (Å²) >= 11 is 3.23. The van der Waals surface area contributed by atoms with E-state index < -0.39 is 5.54 Å². The van der Waals surface area contributed by atoms with Gasteiger partial charge in [0, 0.05) is 12.7 Å². The van der Waals surface area contributed by atoms with Gasteiger partial charge >= 0.3 is 0 Å². The number of thiophene rings is 1. The predicted octanol–water partition coefficient (Wildman–Crippen LogP) is 8.16. The molecule has 2 aliphatic rings. The van der Waals surface area contributed by atoms with E-state index in [1.807, 2.05) is 18.2 Å². The Morgan fingerprint density at radius 2 is 1.92 bits per heavy atom. The van der Waals surface area contributed by atoms with Gasteiger partial charge in [-0.3, -0.25) is 9.78 Å². The lowest BCUT2D eigenvalue weighted by Gasteiger charge is -2.41. The lowest BCUT2D eigenvalue weighted by atomic mass is 9.78. The molecule has 2 fully saturated rings. The van der Waals surface area contributed by atoms with Gasteiger partial charge in [0.15, 0.2) is 0 Å². The van der Waals surface area contributed by atoms with Crippen molar-refractivity contribution in [2.24, 2.45) is 5.92 Å². The first-order valence-corrected chi connectivity index (χ1v) is 14.8. The van der Waals surface area contributed by atoms with Crippen LogP contribution >= 0.6 is 23.1 Å². The Balaban J connectivity index is 0.00000320. The van der Waals surface area contributed by atoms with Crippen molar-refractivity contribution in [2.75, 3.05) is 0 Å². The molecule has 0 radical (unpaired) electrons. The number of rotatable bonds is 6. The van der Waals surface area contributed by atoms with Crippen LogP contribution in [0.5, 0.6) is 0 Å². The molecule has 0 spiro atoms. The molecule has 2 atom stereocenters. The van der Waals surface area contributed by atoms with Gasteiger partial charge in [0.2, 0.25) is 5.91 Å². The Kier molecular flexibility index (Phi) is 7.78. The molecule has 1 saturated carbocycles. The lowest BCUT2D eigenvalue weighted by Crippen LogP contribution is -2.55. The van der Waals surface area contributed by atoms with Crippen molar-refractivity contribution in [2.45, 2.75) is 67.6 Å². The van der Waals surface area contributed by atoms with Gasteiger partial charge in [0.05, 0.1) is 11.4 Å². The van der Waals surface area contributed by atoms with Crippen LogP contribution in [0, 0.1) is 12.8 Å². The average Bonchev–Trinajstić information content (AvgIpc) is 3.31. The molecule has 1 aliphatic carbocycles. The number of hydrogen-bond donors (Lipinski definition) is 1. The number of aryl methyl sites for hydroxylation is 1. The first-order chi connectivity index (χ1) is 17.5. The van der Waals surface area contributed by atoms with Gasteiger partial charge in [-0.05, 0) is 77.9 Å². The number of thioether (sulfide) groups is 1. The van der Waals surface area contributed by atoms with Gasteiger partial charge < -0.3 is 5.32 Å². The molecule has 5 heteroatoms. The largest absolute Gasteiger partial charge is 0.339 e. The molecule has 5 rings (SSSR count). The summed E-state index contributed by atoms with van der Waals surface area (Å²) in [5.41, 5.74) is 4.29. The fourth-order valence-electron chi connectivity index (χ4n) is 5.40. The minimum absolute atomic E-state index is 0.